The number of aryl methyl sites for hydroxylation is 1. The van der Waals surface area contributed by atoms with Gasteiger partial charge in [0.2, 0.25) is 0 Å². The summed E-state index contributed by atoms with van der Waals surface area (Å²) < 4.78 is 1.85. The number of benzene rings is 1. The quantitative estimate of drug-likeness (QED) is 0.668. The number of fused-ring (bicyclic) bond motifs is 1. The molecule has 3 heteroatoms. The zero-order valence-corrected chi connectivity index (χ0v) is 11.7. The van der Waals surface area contributed by atoms with Gasteiger partial charge >= 0.3 is 32.7 Å². The standard InChI is InChI=1S/C8H7N2.C3H7.Y/c1-10-8-5-3-2-4-7(8)6-9-10;1-3-2;/h3-6H,1H3;3H,1-2H3;/q2*-1;+3. The van der Waals surface area contributed by atoms with Crippen molar-refractivity contribution >= 4 is 10.9 Å². The van der Waals surface area contributed by atoms with E-state index in [0.29, 0.717) is 0 Å². The maximum atomic E-state index is 4.09. The van der Waals surface area contributed by atoms with Gasteiger partial charge in [0.05, 0.1) is 0 Å². The molecule has 2 aromatic rings. The van der Waals surface area contributed by atoms with Crippen LogP contribution < -0.4 is 0 Å². The predicted molar refractivity (Wildman–Crippen MR) is 55.2 cm³/mol. The van der Waals surface area contributed by atoms with Crippen LogP contribution in [0.1, 0.15) is 13.8 Å². The van der Waals surface area contributed by atoms with Gasteiger partial charge in [-0.3, -0.25) is 4.68 Å². The van der Waals surface area contributed by atoms with Gasteiger partial charge in [-0.25, -0.2) is 0 Å². The summed E-state index contributed by atoms with van der Waals surface area (Å²) in [6.07, 6.45) is 3.84. The molecular weight excluding hydrogens is 249 g/mol. The van der Waals surface area contributed by atoms with Gasteiger partial charge in [0, 0.05) is 13.2 Å². The van der Waals surface area contributed by atoms with Gasteiger partial charge in [-0.05, 0) is 5.52 Å². The second kappa shape index (κ2) is 7.13. The molecule has 14 heavy (non-hydrogen) atoms. The van der Waals surface area contributed by atoms with Crippen molar-refractivity contribution < 1.29 is 32.7 Å². The van der Waals surface area contributed by atoms with Crippen LogP contribution in [0, 0.1) is 12.5 Å². The van der Waals surface area contributed by atoms with E-state index in [2.05, 4.69) is 11.2 Å². The molecule has 0 saturated heterocycles. The van der Waals surface area contributed by atoms with E-state index in [1.54, 1.807) is 0 Å². The molecule has 0 spiro atoms. The van der Waals surface area contributed by atoms with Crippen molar-refractivity contribution in [2.45, 2.75) is 13.8 Å². The summed E-state index contributed by atoms with van der Waals surface area (Å²) in [4.78, 5) is 0. The molecule has 0 bridgehead atoms. The fraction of sp³-hybridized carbons (Fsp3) is 0.273. The minimum absolute atomic E-state index is 0. The van der Waals surface area contributed by atoms with Gasteiger partial charge < -0.3 is 6.42 Å². The molecule has 0 N–H and O–H groups in total. The Morgan fingerprint density at radius 1 is 1.43 bits per heavy atom. The SMILES string of the molecule is C[CH-]C.Cn1ncc2c[c-]ccc21.[Y+3]. The fourth-order valence-electron chi connectivity index (χ4n) is 1.04. The second-order valence-corrected chi connectivity index (χ2v) is 2.83. The molecule has 1 aromatic heterocycles. The first-order valence-electron chi connectivity index (χ1n) is 4.31. The topological polar surface area (TPSA) is 17.8 Å². The number of nitrogens with zero attached hydrogens (tertiary/aromatic N) is 2. The Morgan fingerprint density at radius 3 is 2.64 bits per heavy atom. The van der Waals surface area contributed by atoms with E-state index in [9.17, 15) is 0 Å². The molecule has 1 heterocycles. The molecule has 0 amide bonds. The van der Waals surface area contributed by atoms with E-state index >= 15 is 0 Å². The molecule has 70 valence electrons. The first kappa shape index (κ1) is 13.8. The van der Waals surface area contributed by atoms with Crippen molar-refractivity contribution in [3.8, 4) is 0 Å². The molecule has 0 aliphatic carbocycles. The Kier molecular flexibility index (Phi) is 7.03. The van der Waals surface area contributed by atoms with Gasteiger partial charge in [-0.15, -0.1) is 6.07 Å². The molecule has 0 fully saturated rings. The third-order valence-corrected chi connectivity index (χ3v) is 1.59. The molecular formula is C11H14N2Y+. The average molecular weight is 263 g/mol. The Morgan fingerprint density at radius 2 is 2.07 bits per heavy atom. The molecule has 0 aliphatic heterocycles. The van der Waals surface area contributed by atoms with Crippen molar-refractivity contribution in [3.63, 3.8) is 0 Å². The van der Waals surface area contributed by atoms with Crippen LogP contribution in [-0.2, 0) is 39.8 Å². The molecule has 0 radical (unpaired) electrons. The van der Waals surface area contributed by atoms with Crippen LogP contribution >= 0.6 is 0 Å². The molecule has 0 unspecified atom stereocenters. The van der Waals surface area contributed by atoms with Gasteiger partial charge in [-0.1, -0.05) is 5.39 Å². The van der Waals surface area contributed by atoms with E-state index in [-0.39, 0.29) is 32.7 Å². The summed E-state index contributed by atoms with van der Waals surface area (Å²) in [6, 6.07) is 8.82. The summed E-state index contributed by atoms with van der Waals surface area (Å²) in [5.41, 5.74) is 1.15. The summed E-state index contributed by atoms with van der Waals surface area (Å²) >= 11 is 0. The number of rotatable bonds is 0. The van der Waals surface area contributed by atoms with Crippen LogP contribution in [0.4, 0.5) is 0 Å². The zero-order chi connectivity index (χ0) is 9.68. The van der Waals surface area contributed by atoms with Crippen LogP contribution in [0.25, 0.3) is 10.9 Å². The molecule has 2 nitrogen and oxygen atoms in total. The van der Waals surface area contributed by atoms with Crippen LogP contribution in [0.3, 0.4) is 0 Å². The van der Waals surface area contributed by atoms with E-state index in [1.807, 2.05) is 56.4 Å². The normalized spacial score (nSPS) is 8.79. The van der Waals surface area contributed by atoms with Crippen molar-refractivity contribution in [2.24, 2.45) is 7.05 Å². The summed E-state index contributed by atoms with van der Waals surface area (Å²) in [6.45, 7) is 4.00. The maximum absolute atomic E-state index is 4.09. The Bertz CT molecular complexity index is 368. The monoisotopic (exact) mass is 263 g/mol. The zero-order valence-electron chi connectivity index (χ0n) is 8.86. The Hall–Kier alpha value is -0.206. The van der Waals surface area contributed by atoms with Crippen molar-refractivity contribution in [3.05, 3.63) is 36.9 Å². The number of aromatic nitrogens is 2. The van der Waals surface area contributed by atoms with Gasteiger partial charge in [0.15, 0.2) is 0 Å². The van der Waals surface area contributed by atoms with Crippen LogP contribution in [0.2, 0.25) is 0 Å². The van der Waals surface area contributed by atoms with E-state index in [0.717, 1.165) is 10.9 Å². The van der Waals surface area contributed by atoms with Crippen molar-refractivity contribution in [1.29, 1.82) is 0 Å². The minimum atomic E-state index is 0. The molecule has 0 aliphatic rings. The maximum Gasteiger partial charge on any atom is 3.00 e. The Labute approximate surface area is 111 Å². The first-order chi connectivity index (χ1) is 6.29. The van der Waals surface area contributed by atoms with Crippen LogP contribution in [-0.4, -0.2) is 9.78 Å². The third-order valence-electron chi connectivity index (χ3n) is 1.59. The molecule has 0 atom stereocenters. The molecule has 0 saturated carbocycles. The molecule has 2 rings (SSSR count). The first-order valence-corrected chi connectivity index (χ1v) is 4.31. The summed E-state index contributed by atoms with van der Waals surface area (Å²) in [5, 5.41) is 5.24. The van der Waals surface area contributed by atoms with Gasteiger partial charge in [0.1, 0.15) is 0 Å². The van der Waals surface area contributed by atoms with E-state index in [1.165, 1.54) is 0 Å². The summed E-state index contributed by atoms with van der Waals surface area (Å²) in [5.74, 6) is 0. The number of hydrogen-bond donors (Lipinski definition) is 0. The van der Waals surface area contributed by atoms with Gasteiger partial charge in [-0.2, -0.15) is 37.1 Å². The van der Waals surface area contributed by atoms with Crippen molar-refractivity contribution in [1.82, 2.24) is 9.78 Å². The van der Waals surface area contributed by atoms with Gasteiger partial charge in [0.25, 0.3) is 0 Å². The van der Waals surface area contributed by atoms with E-state index < -0.39 is 0 Å². The fourth-order valence-corrected chi connectivity index (χ4v) is 1.04. The summed E-state index contributed by atoms with van der Waals surface area (Å²) in [7, 11) is 1.93. The Balaban J connectivity index is 0.000000381. The van der Waals surface area contributed by atoms with Crippen LogP contribution in [0.15, 0.2) is 24.4 Å². The van der Waals surface area contributed by atoms with Crippen molar-refractivity contribution in [2.75, 3.05) is 0 Å². The minimum Gasteiger partial charge on any atom is -0.335 e. The average Bonchev–Trinajstić information content (AvgIpc) is 2.50. The smallest absolute Gasteiger partial charge is 0.335 e. The second-order valence-electron chi connectivity index (χ2n) is 2.83. The number of hydrogen-bond acceptors (Lipinski definition) is 1. The third kappa shape index (κ3) is 3.51. The molecule has 1 aromatic carbocycles. The largest absolute Gasteiger partial charge is 3.00 e. The van der Waals surface area contributed by atoms with E-state index in [4.69, 9.17) is 0 Å². The predicted octanol–water partition coefficient (Wildman–Crippen LogP) is 2.60. The van der Waals surface area contributed by atoms with Crippen LogP contribution in [0.5, 0.6) is 0 Å².